The second-order valence-electron chi connectivity index (χ2n) is 4.28. The fourth-order valence-corrected chi connectivity index (χ4v) is 1.90. The average Bonchev–Trinajstić information content (AvgIpc) is 2.37. The van der Waals surface area contributed by atoms with Crippen molar-refractivity contribution in [3.8, 4) is 5.75 Å². The number of phenolic OH excluding ortho intramolecular Hbond substituents is 1. The summed E-state index contributed by atoms with van der Waals surface area (Å²) < 4.78 is 0. The number of rotatable bonds is 4. The number of amidine groups is 1. The Hall–Kier alpha value is -2.29. The Labute approximate surface area is 106 Å². The lowest BCUT2D eigenvalue weighted by Gasteiger charge is -2.05. The fourth-order valence-electron chi connectivity index (χ4n) is 1.90. The molecular weight excluding hydrogens is 224 g/mol. The maximum Gasteiger partial charge on any atom is 0.122 e. The molecule has 0 fully saturated rings. The van der Waals surface area contributed by atoms with Gasteiger partial charge in [-0.3, -0.25) is 5.41 Å². The second kappa shape index (κ2) is 5.36. The standard InChI is InChI=1S/C15H16N2O/c16-15(17)13-5-1-3-11(9-13)7-8-12-4-2-6-14(18)10-12/h1-6,9-10,18H,7-8H2,(H3,16,17). The molecule has 92 valence electrons. The number of benzene rings is 2. The molecule has 0 unspecified atom stereocenters. The molecule has 4 N–H and O–H groups in total. The van der Waals surface area contributed by atoms with Crippen molar-refractivity contribution in [2.75, 3.05) is 0 Å². The number of phenols is 1. The first-order chi connectivity index (χ1) is 8.65. The van der Waals surface area contributed by atoms with E-state index in [0.29, 0.717) is 5.75 Å². The molecule has 0 saturated heterocycles. The molecule has 2 aromatic carbocycles. The molecule has 0 saturated carbocycles. The van der Waals surface area contributed by atoms with Crippen molar-refractivity contribution in [3.05, 3.63) is 65.2 Å². The summed E-state index contributed by atoms with van der Waals surface area (Å²) in [5.41, 5.74) is 8.46. The molecule has 0 amide bonds. The molecule has 0 atom stereocenters. The number of nitrogens with two attached hydrogens (primary N) is 1. The van der Waals surface area contributed by atoms with Crippen LogP contribution in [0.4, 0.5) is 0 Å². The first-order valence-electron chi connectivity index (χ1n) is 5.86. The summed E-state index contributed by atoms with van der Waals surface area (Å²) in [6.07, 6.45) is 1.72. The van der Waals surface area contributed by atoms with Crippen molar-refractivity contribution in [2.45, 2.75) is 12.8 Å². The predicted octanol–water partition coefficient (Wildman–Crippen LogP) is 2.46. The van der Waals surface area contributed by atoms with E-state index in [-0.39, 0.29) is 5.84 Å². The van der Waals surface area contributed by atoms with Crippen molar-refractivity contribution in [1.82, 2.24) is 0 Å². The molecule has 18 heavy (non-hydrogen) atoms. The average molecular weight is 240 g/mol. The lowest BCUT2D eigenvalue weighted by molar-refractivity contribution is 0.474. The zero-order chi connectivity index (χ0) is 13.0. The monoisotopic (exact) mass is 240 g/mol. The van der Waals surface area contributed by atoms with Gasteiger partial charge in [-0.15, -0.1) is 0 Å². The third kappa shape index (κ3) is 3.10. The van der Waals surface area contributed by atoms with Crippen molar-refractivity contribution >= 4 is 5.84 Å². The van der Waals surface area contributed by atoms with Crippen molar-refractivity contribution < 1.29 is 5.11 Å². The molecule has 3 heteroatoms. The van der Waals surface area contributed by atoms with Crippen LogP contribution in [0.5, 0.6) is 5.75 Å². The Morgan fingerprint density at radius 1 is 1.00 bits per heavy atom. The van der Waals surface area contributed by atoms with Gasteiger partial charge in [0.05, 0.1) is 0 Å². The van der Waals surface area contributed by atoms with Gasteiger partial charge >= 0.3 is 0 Å². The van der Waals surface area contributed by atoms with Crippen LogP contribution in [-0.2, 0) is 12.8 Å². The normalized spacial score (nSPS) is 10.2. The van der Waals surface area contributed by atoms with Crippen LogP contribution in [-0.4, -0.2) is 10.9 Å². The Balaban J connectivity index is 2.06. The highest BCUT2D eigenvalue weighted by Gasteiger charge is 2.00. The quantitative estimate of drug-likeness (QED) is 0.567. The van der Waals surface area contributed by atoms with Crippen LogP contribution in [0.2, 0.25) is 0 Å². The Kier molecular flexibility index (Phi) is 3.63. The SMILES string of the molecule is N=C(N)c1cccc(CCc2cccc(O)c2)c1. The highest BCUT2D eigenvalue weighted by atomic mass is 16.3. The number of aromatic hydroxyl groups is 1. The van der Waals surface area contributed by atoms with Gasteiger partial charge in [-0.1, -0.05) is 30.3 Å². The number of hydrogen-bond acceptors (Lipinski definition) is 2. The minimum Gasteiger partial charge on any atom is -0.508 e. The predicted molar refractivity (Wildman–Crippen MR) is 73.0 cm³/mol. The molecule has 0 aliphatic rings. The highest BCUT2D eigenvalue weighted by Crippen LogP contribution is 2.14. The Morgan fingerprint density at radius 2 is 1.61 bits per heavy atom. The Bertz CT molecular complexity index is 564. The first kappa shape index (κ1) is 12.2. The molecular formula is C15H16N2O. The summed E-state index contributed by atoms with van der Waals surface area (Å²) in [6.45, 7) is 0. The van der Waals surface area contributed by atoms with Gasteiger partial charge in [0.2, 0.25) is 0 Å². The van der Waals surface area contributed by atoms with Crippen molar-refractivity contribution in [1.29, 1.82) is 5.41 Å². The number of nitrogen functional groups attached to an aromatic ring is 1. The van der Waals surface area contributed by atoms with Crippen molar-refractivity contribution in [3.63, 3.8) is 0 Å². The van der Waals surface area contributed by atoms with E-state index in [9.17, 15) is 5.11 Å². The molecule has 2 rings (SSSR count). The third-order valence-corrected chi connectivity index (χ3v) is 2.85. The molecule has 0 bridgehead atoms. The van der Waals surface area contributed by atoms with Gasteiger partial charge in [0, 0.05) is 5.56 Å². The largest absolute Gasteiger partial charge is 0.508 e. The van der Waals surface area contributed by atoms with E-state index >= 15 is 0 Å². The van der Waals surface area contributed by atoms with Gasteiger partial charge in [0.25, 0.3) is 0 Å². The third-order valence-electron chi connectivity index (χ3n) is 2.85. The summed E-state index contributed by atoms with van der Waals surface area (Å²) in [4.78, 5) is 0. The fraction of sp³-hybridized carbons (Fsp3) is 0.133. The minimum absolute atomic E-state index is 0.0919. The van der Waals surface area contributed by atoms with E-state index in [0.717, 1.165) is 29.5 Å². The molecule has 0 aliphatic carbocycles. The van der Waals surface area contributed by atoms with Gasteiger partial charge < -0.3 is 10.8 Å². The summed E-state index contributed by atoms with van der Waals surface area (Å²) in [5.74, 6) is 0.388. The van der Waals surface area contributed by atoms with Crippen LogP contribution >= 0.6 is 0 Å². The van der Waals surface area contributed by atoms with Crippen molar-refractivity contribution in [2.24, 2.45) is 5.73 Å². The van der Waals surface area contributed by atoms with E-state index in [1.54, 1.807) is 12.1 Å². The maximum atomic E-state index is 9.38. The lowest BCUT2D eigenvalue weighted by atomic mass is 10.0. The van der Waals surface area contributed by atoms with Gasteiger partial charge in [0.15, 0.2) is 0 Å². The molecule has 3 nitrogen and oxygen atoms in total. The molecule has 2 aromatic rings. The first-order valence-corrected chi connectivity index (χ1v) is 5.86. The van der Waals surface area contributed by atoms with Crippen LogP contribution in [0.3, 0.4) is 0 Å². The molecule has 0 aromatic heterocycles. The molecule has 0 spiro atoms. The van der Waals surface area contributed by atoms with Gasteiger partial charge in [-0.05, 0) is 42.2 Å². The van der Waals surface area contributed by atoms with Crippen LogP contribution < -0.4 is 5.73 Å². The summed E-state index contributed by atoms with van der Waals surface area (Å²) in [7, 11) is 0. The topological polar surface area (TPSA) is 70.1 Å². The number of hydrogen-bond donors (Lipinski definition) is 3. The van der Waals surface area contributed by atoms with Gasteiger partial charge in [-0.25, -0.2) is 0 Å². The van der Waals surface area contributed by atoms with E-state index in [1.807, 2.05) is 36.4 Å². The van der Waals surface area contributed by atoms with Crippen LogP contribution in [0.1, 0.15) is 16.7 Å². The lowest BCUT2D eigenvalue weighted by Crippen LogP contribution is -2.11. The summed E-state index contributed by atoms with van der Waals surface area (Å²) in [6, 6.07) is 15.0. The smallest absolute Gasteiger partial charge is 0.122 e. The molecule has 0 heterocycles. The zero-order valence-electron chi connectivity index (χ0n) is 10.1. The summed E-state index contributed by atoms with van der Waals surface area (Å²) in [5, 5.41) is 16.8. The zero-order valence-corrected chi connectivity index (χ0v) is 10.1. The molecule has 0 radical (unpaired) electrons. The minimum atomic E-state index is 0.0919. The number of aryl methyl sites for hydroxylation is 2. The highest BCUT2D eigenvalue weighted by molar-refractivity contribution is 5.95. The summed E-state index contributed by atoms with van der Waals surface area (Å²) >= 11 is 0. The van der Waals surface area contributed by atoms with E-state index < -0.39 is 0 Å². The van der Waals surface area contributed by atoms with Gasteiger partial charge in [-0.2, -0.15) is 0 Å². The van der Waals surface area contributed by atoms with E-state index in [1.165, 1.54) is 0 Å². The Morgan fingerprint density at radius 3 is 2.22 bits per heavy atom. The molecule has 0 aliphatic heterocycles. The van der Waals surface area contributed by atoms with E-state index in [2.05, 4.69) is 0 Å². The second-order valence-corrected chi connectivity index (χ2v) is 4.28. The van der Waals surface area contributed by atoms with Crippen LogP contribution in [0.25, 0.3) is 0 Å². The van der Waals surface area contributed by atoms with Gasteiger partial charge in [0.1, 0.15) is 11.6 Å². The van der Waals surface area contributed by atoms with E-state index in [4.69, 9.17) is 11.1 Å². The van der Waals surface area contributed by atoms with Crippen LogP contribution in [0.15, 0.2) is 48.5 Å². The maximum absolute atomic E-state index is 9.38. The van der Waals surface area contributed by atoms with Crippen LogP contribution in [0, 0.1) is 5.41 Å². The number of nitrogens with one attached hydrogen (secondary N) is 1.